The van der Waals surface area contributed by atoms with Crippen LogP contribution in [0.1, 0.15) is 0 Å². The van der Waals surface area contributed by atoms with Crippen LogP contribution in [0.15, 0.2) is 30.3 Å². The predicted molar refractivity (Wildman–Crippen MR) is 62.7 cm³/mol. The SMILES string of the molecule is N#COc1ccc2c(OC#N)ccc(OC#N)c2c1. The van der Waals surface area contributed by atoms with Crippen LogP contribution in [0.4, 0.5) is 0 Å². The second-order valence-electron chi connectivity index (χ2n) is 3.35. The number of rotatable bonds is 3. The highest BCUT2D eigenvalue weighted by molar-refractivity contribution is 5.94. The lowest BCUT2D eigenvalue weighted by atomic mass is 10.1. The Balaban J connectivity index is 2.68. The van der Waals surface area contributed by atoms with Crippen molar-refractivity contribution >= 4 is 10.8 Å². The number of ether oxygens (including phenoxy) is 3. The molecular weight excluding hydrogens is 246 g/mol. The van der Waals surface area contributed by atoms with Crippen LogP contribution in [-0.4, -0.2) is 0 Å². The lowest BCUT2D eigenvalue weighted by Crippen LogP contribution is -1.90. The summed E-state index contributed by atoms with van der Waals surface area (Å²) in [5.41, 5.74) is 0. The maximum Gasteiger partial charge on any atom is 0.292 e. The lowest BCUT2D eigenvalue weighted by Gasteiger charge is -2.07. The Morgan fingerprint density at radius 2 is 1.26 bits per heavy atom. The summed E-state index contributed by atoms with van der Waals surface area (Å²) >= 11 is 0. The third kappa shape index (κ3) is 2.31. The molecule has 0 spiro atoms. The molecule has 0 radical (unpaired) electrons. The van der Waals surface area contributed by atoms with Crippen LogP contribution in [0.3, 0.4) is 0 Å². The zero-order chi connectivity index (χ0) is 13.7. The molecule has 0 amide bonds. The standard InChI is InChI=1S/C13H5N3O3/c14-6-17-9-1-2-10-11(5-9)13(19-8-16)4-3-12(10)18-7-15/h1-5H. The number of hydrogen-bond acceptors (Lipinski definition) is 6. The molecule has 90 valence electrons. The van der Waals surface area contributed by atoms with Gasteiger partial charge in [-0.25, -0.2) is 0 Å². The zero-order valence-corrected chi connectivity index (χ0v) is 9.45. The molecule has 2 rings (SSSR count). The van der Waals surface area contributed by atoms with E-state index in [1.165, 1.54) is 18.2 Å². The van der Waals surface area contributed by atoms with E-state index in [-0.39, 0.29) is 5.75 Å². The van der Waals surface area contributed by atoms with Gasteiger partial charge in [0.25, 0.3) is 18.8 Å². The van der Waals surface area contributed by atoms with Crippen LogP contribution in [0.2, 0.25) is 0 Å². The first-order valence-corrected chi connectivity index (χ1v) is 5.04. The van der Waals surface area contributed by atoms with Gasteiger partial charge in [0.05, 0.1) is 0 Å². The van der Waals surface area contributed by atoms with Gasteiger partial charge in [0, 0.05) is 10.8 Å². The van der Waals surface area contributed by atoms with E-state index in [1.54, 1.807) is 30.9 Å². The summed E-state index contributed by atoms with van der Waals surface area (Å²) in [4.78, 5) is 0. The normalized spacial score (nSPS) is 8.89. The molecule has 0 N–H and O–H groups in total. The van der Waals surface area contributed by atoms with E-state index < -0.39 is 0 Å². The van der Waals surface area contributed by atoms with Crippen LogP contribution in [-0.2, 0) is 0 Å². The highest BCUT2D eigenvalue weighted by atomic mass is 16.5. The fourth-order valence-electron chi connectivity index (χ4n) is 1.67. The van der Waals surface area contributed by atoms with Crippen molar-refractivity contribution in [2.75, 3.05) is 0 Å². The van der Waals surface area contributed by atoms with Crippen molar-refractivity contribution in [3.8, 4) is 36.0 Å². The van der Waals surface area contributed by atoms with Gasteiger partial charge in [-0.2, -0.15) is 0 Å². The van der Waals surface area contributed by atoms with E-state index in [2.05, 4.69) is 0 Å². The van der Waals surface area contributed by atoms with Gasteiger partial charge in [0.2, 0.25) is 0 Å². The molecule has 0 saturated heterocycles. The van der Waals surface area contributed by atoms with Crippen LogP contribution in [0, 0.1) is 34.6 Å². The lowest BCUT2D eigenvalue weighted by molar-refractivity contribution is 0.498. The molecule has 0 aliphatic carbocycles. The van der Waals surface area contributed by atoms with E-state index in [0.29, 0.717) is 22.3 Å². The van der Waals surface area contributed by atoms with Crippen LogP contribution < -0.4 is 14.2 Å². The minimum atomic E-state index is 0.283. The second kappa shape index (κ2) is 5.27. The summed E-state index contributed by atoms with van der Waals surface area (Å²) in [7, 11) is 0. The number of benzene rings is 2. The van der Waals surface area contributed by atoms with E-state index in [4.69, 9.17) is 30.0 Å². The first-order valence-electron chi connectivity index (χ1n) is 5.04. The fourth-order valence-corrected chi connectivity index (χ4v) is 1.67. The Kier molecular flexibility index (Phi) is 3.34. The number of hydrogen-bond donors (Lipinski definition) is 0. The van der Waals surface area contributed by atoms with Crippen molar-refractivity contribution in [1.82, 2.24) is 0 Å². The Morgan fingerprint density at radius 1 is 0.684 bits per heavy atom. The van der Waals surface area contributed by atoms with Gasteiger partial charge in [0.1, 0.15) is 11.5 Å². The molecule has 0 atom stereocenters. The van der Waals surface area contributed by atoms with Crippen LogP contribution in [0.25, 0.3) is 10.8 Å². The molecule has 0 unspecified atom stereocenters. The molecule has 0 aliphatic heterocycles. The fraction of sp³-hybridized carbons (Fsp3) is 0. The zero-order valence-electron chi connectivity index (χ0n) is 9.45. The van der Waals surface area contributed by atoms with E-state index >= 15 is 0 Å². The Hall–Kier alpha value is -3.43. The molecule has 0 aromatic heterocycles. The molecule has 19 heavy (non-hydrogen) atoms. The molecule has 0 fully saturated rings. The molecule has 0 saturated carbocycles. The van der Waals surface area contributed by atoms with E-state index in [0.717, 1.165) is 0 Å². The smallest absolute Gasteiger partial charge is 0.292 e. The topological polar surface area (TPSA) is 99.1 Å². The maximum absolute atomic E-state index is 8.59. The molecule has 0 aliphatic rings. The van der Waals surface area contributed by atoms with Gasteiger partial charge >= 0.3 is 0 Å². The Labute approximate surface area is 108 Å². The molecule has 2 aromatic rings. The highest BCUT2D eigenvalue weighted by Crippen LogP contribution is 2.35. The van der Waals surface area contributed by atoms with Crippen LogP contribution >= 0.6 is 0 Å². The number of nitriles is 3. The minimum absolute atomic E-state index is 0.283. The molecule has 0 bridgehead atoms. The van der Waals surface area contributed by atoms with Gasteiger partial charge in [-0.3, -0.25) is 0 Å². The Bertz CT molecular complexity index is 751. The first-order chi connectivity index (χ1) is 9.30. The molecule has 2 aromatic carbocycles. The van der Waals surface area contributed by atoms with Gasteiger partial charge in [0.15, 0.2) is 5.75 Å². The summed E-state index contributed by atoms with van der Waals surface area (Å²) in [5.74, 6) is 0.907. The molecule has 6 nitrogen and oxygen atoms in total. The van der Waals surface area contributed by atoms with E-state index in [9.17, 15) is 0 Å². The first kappa shape index (κ1) is 12.0. The van der Waals surface area contributed by atoms with Crippen molar-refractivity contribution in [2.24, 2.45) is 0 Å². The summed E-state index contributed by atoms with van der Waals surface area (Å²) in [5, 5.41) is 26.7. The molecule has 0 heterocycles. The average Bonchev–Trinajstić information content (AvgIpc) is 2.42. The van der Waals surface area contributed by atoms with Crippen LogP contribution in [0.5, 0.6) is 17.2 Å². The van der Waals surface area contributed by atoms with E-state index in [1.807, 2.05) is 0 Å². The van der Waals surface area contributed by atoms with Crippen molar-refractivity contribution < 1.29 is 14.2 Å². The third-order valence-electron chi connectivity index (χ3n) is 2.38. The van der Waals surface area contributed by atoms with Crippen molar-refractivity contribution in [3.63, 3.8) is 0 Å². The highest BCUT2D eigenvalue weighted by Gasteiger charge is 2.10. The summed E-state index contributed by atoms with van der Waals surface area (Å²) in [6.07, 6.45) is 4.70. The van der Waals surface area contributed by atoms with Gasteiger partial charge in [-0.1, -0.05) is 0 Å². The Morgan fingerprint density at radius 3 is 1.84 bits per heavy atom. The molecular formula is C13H5N3O3. The summed E-state index contributed by atoms with van der Waals surface area (Å²) < 4.78 is 14.3. The summed E-state index contributed by atoms with van der Waals surface area (Å²) in [6.45, 7) is 0. The third-order valence-corrected chi connectivity index (χ3v) is 2.38. The average molecular weight is 251 g/mol. The maximum atomic E-state index is 8.59. The summed E-state index contributed by atoms with van der Waals surface area (Å²) in [6, 6.07) is 7.69. The molecule has 6 heteroatoms. The number of fused-ring (bicyclic) bond motifs is 1. The minimum Gasteiger partial charge on any atom is -0.388 e. The van der Waals surface area contributed by atoms with Gasteiger partial charge in [-0.15, -0.1) is 15.8 Å². The quantitative estimate of drug-likeness (QED) is 0.776. The number of nitrogens with zero attached hydrogens (tertiary/aromatic N) is 3. The second-order valence-corrected chi connectivity index (χ2v) is 3.35. The van der Waals surface area contributed by atoms with Crippen molar-refractivity contribution in [1.29, 1.82) is 15.8 Å². The monoisotopic (exact) mass is 251 g/mol. The van der Waals surface area contributed by atoms with Gasteiger partial charge < -0.3 is 14.2 Å². The predicted octanol–water partition coefficient (Wildman–Crippen LogP) is 2.42. The largest absolute Gasteiger partial charge is 0.388 e. The van der Waals surface area contributed by atoms with Crippen molar-refractivity contribution in [3.05, 3.63) is 30.3 Å². The van der Waals surface area contributed by atoms with Crippen molar-refractivity contribution in [2.45, 2.75) is 0 Å². The van der Waals surface area contributed by atoms with Gasteiger partial charge in [-0.05, 0) is 30.3 Å².